The molecular weight excluding hydrogens is 332 g/mol. The molecule has 138 valence electrons. The minimum Gasteiger partial charge on any atom is -0.497 e. The van der Waals surface area contributed by atoms with Crippen LogP contribution in [-0.4, -0.2) is 40.2 Å². The molecule has 26 heavy (non-hydrogen) atoms. The van der Waals surface area contributed by atoms with Gasteiger partial charge in [-0.15, -0.1) is 0 Å². The Kier molecular flexibility index (Phi) is 4.68. The van der Waals surface area contributed by atoms with E-state index in [0.29, 0.717) is 24.4 Å². The summed E-state index contributed by atoms with van der Waals surface area (Å²) in [5.74, 6) is 1.11. The molecule has 1 aromatic heterocycles. The molecule has 2 fully saturated rings. The number of benzene rings is 1. The van der Waals surface area contributed by atoms with Crippen molar-refractivity contribution in [2.24, 2.45) is 5.92 Å². The Labute approximate surface area is 152 Å². The third-order valence-corrected chi connectivity index (χ3v) is 5.74. The van der Waals surface area contributed by atoms with E-state index in [1.54, 1.807) is 13.4 Å². The molecule has 3 atom stereocenters. The zero-order valence-corrected chi connectivity index (χ0v) is 14.9. The van der Waals surface area contributed by atoms with Crippen LogP contribution in [0.15, 0.2) is 34.9 Å². The number of aliphatic carboxylic acids is 1. The summed E-state index contributed by atoms with van der Waals surface area (Å²) in [5, 5.41) is 9.64. The Morgan fingerprint density at radius 2 is 2.08 bits per heavy atom. The number of nitrogens with zero attached hydrogens (tertiary/aromatic N) is 2. The molecule has 1 aliphatic carbocycles. The summed E-state index contributed by atoms with van der Waals surface area (Å²) in [7, 11) is 1.63. The van der Waals surface area contributed by atoms with Crippen molar-refractivity contribution < 1.29 is 19.1 Å². The summed E-state index contributed by atoms with van der Waals surface area (Å²) in [6.07, 6.45) is 7.02. The highest BCUT2D eigenvalue weighted by Crippen LogP contribution is 2.40. The number of aromatic nitrogens is 1. The number of hydrogen-bond acceptors (Lipinski definition) is 5. The maximum atomic E-state index is 11.7. The van der Waals surface area contributed by atoms with E-state index in [4.69, 9.17) is 9.15 Å². The number of methoxy groups -OCH3 is 1. The number of oxazole rings is 1. The molecule has 4 rings (SSSR count). The highest BCUT2D eigenvalue weighted by molar-refractivity contribution is 5.74. The molecular formula is C20H24N2O4. The van der Waals surface area contributed by atoms with Crippen LogP contribution in [0.3, 0.4) is 0 Å². The molecule has 1 saturated heterocycles. The van der Waals surface area contributed by atoms with E-state index in [2.05, 4.69) is 9.88 Å². The van der Waals surface area contributed by atoms with Gasteiger partial charge in [0, 0.05) is 18.2 Å². The maximum Gasteiger partial charge on any atom is 0.320 e. The van der Waals surface area contributed by atoms with Gasteiger partial charge in [-0.1, -0.05) is 12.8 Å². The van der Waals surface area contributed by atoms with Gasteiger partial charge in [-0.25, -0.2) is 4.98 Å². The Morgan fingerprint density at radius 3 is 2.81 bits per heavy atom. The number of ether oxygens (including phenoxy) is 1. The average Bonchev–Trinajstić information content (AvgIpc) is 3.27. The van der Waals surface area contributed by atoms with E-state index in [9.17, 15) is 9.90 Å². The van der Waals surface area contributed by atoms with E-state index < -0.39 is 12.0 Å². The first-order valence-corrected chi connectivity index (χ1v) is 9.23. The minimum atomic E-state index is -0.724. The molecule has 0 bridgehead atoms. The molecule has 6 heteroatoms. The number of hydrogen-bond donors (Lipinski definition) is 1. The van der Waals surface area contributed by atoms with Gasteiger partial charge in [0.1, 0.15) is 18.1 Å². The van der Waals surface area contributed by atoms with Crippen molar-refractivity contribution in [3.63, 3.8) is 0 Å². The van der Waals surface area contributed by atoms with E-state index >= 15 is 0 Å². The molecule has 1 saturated carbocycles. The molecule has 0 spiro atoms. The quantitative estimate of drug-likeness (QED) is 0.883. The van der Waals surface area contributed by atoms with Crippen molar-refractivity contribution >= 4 is 5.97 Å². The Balaban J connectivity index is 1.52. The van der Waals surface area contributed by atoms with Crippen LogP contribution >= 0.6 is 0 Å². The minimum absolute atomic E-state index is 0.353. The normalized spacial score (nSPS) is 25.8. The lowest BCUT2D eigenvalue weighted by Crippen LogP contribution is -2.41. The van der Waals surface area contributed by atoms with Crippen LogP contribution in [0.4, 0.5) is 0 Å². The Hall–Kier alpha value is -2.34. The molecule has 3 unspecified atom stereocenters. The first kappa shape index (κ1) is 17.1. The van der Waals surface area contributed by atoms with Gasteiger partial charge in [-0.3, -0.25) is 9.69 Å². The number of fused-ring (bicyclic) bond motifs is 1. The van der Waals surface area contributed by atoms with Crippen LogP contribution in [0.5, 0.6) is 5.75 Å². The molecule has 6 nitrogen and oxygen atoms in total. The van der Waals surface area contributed by atoms with Gasteiger partial charge in [0.05, 0.1) is 12.8 Å². The van der Waals surface area contributed by atoms with Crippen LogP contribution in [0.1, 0.15) is 37.8 Å². The third-order valence-electron chi connectivity index (χ3n) is 5.74. The van der Waals surface area contributed by atoms with Gasteiger partial charge in [-0.2, -0.15) is 0 Å². The SMILES string of the molecule is COc1ccc(-c2nc(CN3C(C(=O)O)CC4CCCCC43)co2)cc1. The summed E-state index contributed by atoms with van der Waals surface area (Å²) in [6, 6.07) is 7.48. The fourth-order valence-electron chi connectivity index (χ4n) is 4.46. The average molecular weight is 356 g/mol. The summed E-state index contributed by atoms with van der Waals surface area (Å²) >= 11 is 0. The van der Waals surface area contributed by atoms with E-state index in [1.807, 2.05) is 24.3 Å². The smallest absolute Gasteiger partial charge is 0.320 e. The van der Waals surface area contributed by atoms with E-state index in [0.717, 1.165) is 36.3 Å². The monoisotopic (exact) mass is 356 g/mol. The number of likely N-dealkylation sites (tertiary alicyclic amines) is 1. The Morgan fingerprint density at radius 1 is 1.31 bits per heavy atom. The zero-order valence-electron chi connectivity index (χ0n) is 14.9. The molecule has 1 aliphatic heterocycles. The standard InChI is InChI=1S/C20H24N2O4/c1-25-16-8-6-13(7-9-16)19-21-15(12-26-19)11-22-17-5-3-2-4-14(17)10-18(22)20(23)24/h6-9,12,14,17-18H,2-5,10-11H2,1H3,(H,23,24). The van der Waals surface area contributed by atoms with Crippen LogP contribution in [0.25, 0.3) is 11.5 Å². The molecule has 2 aliphatic rings. The van der Waals surface area contributed by atoms with E-state index in [1.165, 1.54) is 12.8 Å². The van der Waals surface area contributed by atoms with Gasteiger partial charge >= 0.3 is 5.97 Å². The maximum absolute atomic E-state index is 11.7. The first-order chi connectivity index (χ1) is 12.7. The predicted molar refractivity (Wildman–Crippen MR) is 95.8 cm³/mol. The zero-order chi connectivity index (χ0) is 18.1. The largest absolute Gasteiger partial charge is 0.497 e. The summed E-state index contributed by atoms with van der Waals surface area (Å²) in [4.78, 5) is 18.5. The number of rotatable bonds is 5. The van der Waals surface area contributed by atoms with Gasteiger partial charge in [0.15, 0.2) is 0 Å². The second-order valence-corrected chi connectivity index (χ2v) is 7.25. The molecule has 2 heterocycles. The number of carboxylic acid groups (broad SMARTS) is 1. The van der Waals surface area contributed by atoms with Crippen molar-refractivity contribution in [2.45, 2.75) is 50.7 Å². The van der Waals surface area contributed by atoms with Crippen molar-refractivity contribution in [3.05, 3.63) is 36.2 Å². The lowest BCUT2D eigenvalue weighted by atomic mass is 9.85. The van der Waals surface area contributed by atoms with E-state index in [-0.39, 0.29) is 0 Å². The summed E-state index contributed by atoms with van der Waals surface area (Å²) < 4.78 is 10.8. The van der Waals surface area contributed by atoms with Crippen LogP contribution in [0.2, 0.25) is 0 Å². The Bertz CT molecular complexity index is 770. The highest BCUT2D eigenvalue weighted by atomic mass is 16.5. The van der Waals surface area contributed by atoms with Crippen molar-refractivity contribution in [1.29, 1.82) is 0 Å². The fraction of sp³-hybridized carbons (Fsp3) is 0.500. The van der Waals surface area contributed by atoms with Crippen molar-refractivity contribution in [1.82, 2.24) is 9.88 Å². The van der Waals surface area contributed by atoms with Gasteiger partial charge in [-0.05, 0) is 49.4 Å². The second-order valence-electron chi connectivity index (χ2n) is 7.25. The van der Waals surface area contributed by atoms with Crippen LogP contribution in [0, 0.1) is 5.92 Å². The topological polar surface area (TPSA) is 75.8 Å². The molecule has 1 N–H and O–H groups in total. The van der Waals surface area contributed by atoms with Gasteiger partial charge < -0.3 is 14.3 Å². The lowest BCUT2D eigenvalue weighted by molar-refractivity contribution is -0.142. The van der Waals surface area contributed by atoms with Gasteiger partial charge in [0.25, 0.3) is 0 Å². The van der Waals surface area contributed by atoms with Crippen molar-refractivity contribution in [3.8, 4) is 17.2 Å². The highest BCUT2D eigenvalue weighted by Gasteiger charge is 2.45. The number of carboxylic acids is 1. The lowest BCUT2D eigenvalue weighted by Gasteiger charge is -2.32. The van der Waals surface area contributed by atoms with Crippen molar-refractivity contribution in [2.75, 3.05) is 7.11 Å². The fourth-order valence-corrected chi connectivity index (χ4v) is 4.46. The molecule has 2 aromatic rings. The summed E-state index contributed by atoms with van der Waals surface area (Å²) in [5.41, 5.74) is 1.66. The summed E-state index contributed by atoms with van der Waals surface area (Å²) in [6.45, 7) is 0.526. The predicted octanol–water partition coefficient (Wildman–Crippen LogP) is 3.57. The van der Waals surface area contributed by atoms with Gasteiger partial charge in [0.2, 0.25) is 5.89 Å². The van der Waals surface area contributed by atoms with Crippen LogP contribution in [-0.2, 0) is 11.3 Å². The second kappa shape index (κ2) is 7.11. The molecule has 0 radical (unpaired) electrons. The van der Waals surface area contributed by atoms with Crippen LogP contribution < -0.4 is 4.74 Å². The molecule has 0 amide bonds. The first-order valence-electron chi connectivity index (χ1n) is 9.23. The third kappa shape index (κ3) is 3.21. The molecule has 1 aromatic carbocycles. The number of carbonyl (C=O) groups is 1.